The fraction of sp³-hybridized carbons (Fsp3) is 0.938. The summed E-state index contributed by atoms with van der Waals surface area (Å²) in [4.78, 5) is 15.8. The number of amides is 1. The largest absolute Gasteiger partial charge is 0.444 e. The molecule has 22 heavy (non-hydrogen) atoms. The number of β-amino-alcohol motifs (C(OH)–C–C–N with tert-alkyl or cyclic N) is 2. The Morgan fingerprint density at radius 2 is 1.91 bits per heavy atom. The second-order valence-corrected chi connectivity index (χ2v) is 7.72. The van der Waals surface area contributed by atoms with Crippen molar-refractivity contribution in [2.75, 3.05) is 32.7 Å². The number of rotatable bonds is 2. The normalized spacial score (nSPS) is 26.8. The van der Waals surface area contributed by atoms with Crippen molar-refractivity contribution in [1.82, 2.24) is 9.80 Å². The number of aliphatic hydroxyl groups excluding tert-OH is 1. The smallest absolute Gasteiger partial charge is 0.410 e. The number of hydrogen-bond donors (Lipinski definition) is 2. The van der Waals surface area contributed by atoms with E-state index < -0.39 is 11.2 Å². The zero-order valence-corrected chi connectivity index (χ0v) is 14.0. The third-order valence-corrected chi connectivity index (χ3v) is 4.34. The van der Waals surface area contributed by atoms with Crippen molar-refractivity contribution in [1.29, 1.82) is 0 Å². The molecule has 0 bridgehead atoms. The summed E-state index contributed by atoms with van der Waals surface area (Å²) >= 11 is 0. The van der Waals surface area contributed by atoms with Crippen LogP contribution in [-0.2, 0) is 4.74 Å². The molecule has 0 aromatic carbocycles. The highest BCUT2D eigenvalue weighted by molar-refractivity contribution is 5.68. The Bertz CT molecular complexity index is 386. The SMILES string of the molecule is CC(C)(C)OC(=O)N1CCC(O)(CN2CCCC(O)C2)CC1. The molecule has 1 unspecified atom stereocenters. The van der Waals surface area contributed by atoms with Gasteiger partial charge in [0.05, 0.1) is 11.7 Å². The average molecular weight is 314 g/mol. The first-order valence-electron chi connectivity index (χ1n) is 8.28. The lowest BCUT2D eigenvalue weighted by Crippen LogP contribution is -2.54. The molecular weight excluding hydrogens is 284 g/mol. The zero-order valence-electron chi connectivity index (χ0n) is 14.0. The Morgan fingerprint density at radius 3 is 2.45 bits per heavy atom. The molecule has 0 saturated carbocycles. The Hall–Kier alpha value is -0.850. The Balaban J connectivity index is 1.81. The van der Waals surface area contributed by atoms with E-state index in [4.69, 9.17) is 4.74 Å². The lowest BCUT2D eigenvalue weighted by molar-refractivity contribution is -0.0604. The van der Waals surface area contributed by atoms with Crippen molar-refractivity contribution in [2.45, 2.75) is 63.8 Å². The summed E-state index contributed by atoms with van der Waals surface area (Å²) in [6.07, 6.45) is 2.35. The second kappa shape index (κ2) is 6.72. The van der Waals surface area contributed by atoms with Gasteiger partial charge >= 0.3 is 6.09 Å². The van der Waals surface area contributed by atoms with Crippen LogP contribution in [0.1, 0.15) is 46.5 Å². The first kappa shape index (κ1) is 17.5. The summed E-state index contributed by atoms with van der Waals surface area (Å²) in [5.41, 5.74) is -1.26. The van der Waals surface area contributed by atoms with E-state index in [9.17, 15) is 15.0 Å². The summed E-state index contributed by atoms with van der Waals surface area (Å²) in [5, 5.41) is 20.5. The Labute approximate surface area is 133 Å². The molecule has 2 heterocycles. The molecule has 2 N–H and O–H groups in total. The molecule has 0 spiro atoms. The standard InChI is InChI=1S/C16H30N2O4/c1-15(2,3)22-14(20)18-9-6-16(21,7-10-18)12-17-8-4-5-13(19)11-17/h13,19,21H,4-12H2,1-3H3. The van der Waals surface area contributed by atoms with Crippen LogP contribution < -0.4 is 0 Å². The van der Waals surface area contributed by atoms with Crippen LogP contribution >= 0.6 is 0 Å². The van der Waals surface area contributed by atoms with E-state index in [1.165, 1.54) is 0 Å². The summed E-state index contributed by atoms with van der Waals surface area (Å²) in [7, 11) is 0. The number of aliphatic hydroxyl groups is 2. The van der Waals surface area contributed by atoms with E-state index in [0.29, 0.717) is 39.0 Å². The van der Waals surface area contributed by atoms with Gasteiger partial charge in [-0.15, -0.1) is 0 Å². The molecule has 0 radical (unpaired) electrons. The van der Waals surface area contributed by atoms with E-state index >= 15 is 0 Å². The van der Waals surface area contributed by atoms with Crippen molar-refractivity contribution in [3.8, 4) is 0 Å². The summed E-state index contributed by atoms with van der Waals surface area (Å²) < 4.78 is 5.37. The fourth-order valence-electron chi connectivity index (χ4n) is 3.18. The van der Waals surface area contributed by atoms with Gasteiger partial charge in [-0.2, -0.15) is 0 Å². The van der Waals surface area contributed by atoms with Gasteiger partial charge in [-0.25, -0.2) is 4.79 Å². The van der Waals surface area contributed by atoms with Crippen LogP contribution in [0.2, 0.25) is 0 Å². The molecule has 0 aromatic rings. The van der Waals surface area contributed by atoms with E-state index in [1.807, 2.05) is 20.8 Å². The molecule has 0 aromatic heterocycles. The molecule has 128 valence electrons. The van der Waals surface area contributed by atoms with E-state index in [2.05, 4.69) is 4.90 Å². The summed E-state index contributed by atoms with van der Waals surface area (Å²) in [5.74, 6) is 0. The number of likely N-dealkylation sites (tertiary alicyclic amines) is 2. The average Bonchev–Trinajstić information content (AvgIpc) is 2.36. The van der Waals surface area contributed by atoms with Gasteiger partial charge in [-0.1, -0.05) is 0 Å². The van der Waals surface area contributed by atoms with Crippen LogP contribution in [0.15, 0.2) is 0 Å². The van der Waals surface area contributed by atoms with Gasteiger partial charge in [-0.05, 0) is 53.0 Å². The van der Waals surface area contributed by atoms with Crippen LogP contribution in [0.3, 0.4) is 0 Å². The molecule has 1 amide bonds. The number of carbonyl (C=O) groups excluding carboxylic acids is 1. The molecule has 2 fully saturated rings. The van der Waals surface area contributed by atoms with E-state index in [1.54, 1.807) is 4.90 Å². The van der Waals surface area contributed by atoms with Gasteiger partial charge in [0.15, 0.2) is 0 Å². The van der Waals surface area contributed by atoms with Gasteiger partial charge < -0.3 is 19.8 Å². The highest BCUT2D eigenvalue weighted by Gasteiger charge is 2.37. The maximum absolute atomic E-state index is 12.0. The van der Waals surface area contributed by atoms with Crippen LogP contribution in [-0.4, -0.2) is 76.1 Å². The highest BCUT2D eigenvalue weighted by Crippen LogP contribution is 2.26. The molecular formula is C16H30N2O4. The molecule has 2 aliphatic rings. The third kappa shape index (κ3) is 5.11. The second-order valence-electron chi connectivity index (χ2n) is 7.72. The number of carbonyl (C=O) groups is 1. The summed E-state index contributed by atoms with van der Waals surface area (Å²) in [6.45, 7) is 8.73. The van der Waals surface area contributed by atoms with Crippen molar-refractivity contribution in [3.05, 3.63) is 0 Å². The van der Waals surface area contributed by atoms with Crippen LogP contribution in [0.4, 0.5) is 4.79 Å². The monoisotopic (exact) mass is 314 g/mol. The Morgan fingerprint density at radius 1 is 1.27 bits per heavy atom. The Kier molecular flexibility index (Phi) is 5.35. The molecule has 2 saturated heterocycles. The first-order chi connectivity index (χ1) is 10.2. The molecule has 6 nitrogen and oxygen atoms in total. The van der Waals surface area contributed by atoms with Gasteiger partial charge in [0.25, 0.3) is 0 Å². The van der Waals surface area contributed by atoms with Crippen LogP contribution in [0, 0.1) is 0 Å². The van der Waals surface area contributed by atoms with Crippen LogP contribution in [0.5, 0.6) is 0 Å². The number of hydrogen-bond acceptors (Lipinski definition) is 5. The predicted molar refractivity (Wildman–Crippen MR) is 83.7 cm³/mol. The van der Waals surface area contributed by atoms with Crippen molar-refractivity contribution in [3.63, 3.8) is 0 Å². The number of ether oxygens (including phenoxy) is 1. The lowest BCUT2D eigenvalue weighted by atomic mass is 9.90. The zero-order chi connectivity index (χ0) is 16.4. The quantitative estimate of drug-likeness (QED) is 0.801. The van der Waals surface area contributed by atoms with Crippen LogP contribution in [0.25, 0.3) is 0 Å². The van der Waals surface area contributed by atoms with Crippen molar-refractivity contribution >= 4 is 6.09 Å². The van der Waals surface area contributed by atoms with Crippen molar-refractivity contribution in [2.24, 2.45) is 0 Å². The predicted octanol–water partition coefficient (Wildman–Crippen LogP) is 1.21. The summed E-state index contributed by atoms with van der Waals surface area (Å²) in [6, 6.07) is 0. The van der Waals surface area contributed by atoms with Crippen molar-refractivity contribution < 1.29 is 19.7 Å². The van der Waals surface area contributed by atoms with Gasteiger partial charge in [-0.3, -0.25) is 4.90 Å². The molecule has 2 aliphatic heterocycles. The minimum atomic E-state index is -0.768. The van der Waals surface area contributed by atoms with Gasteiger partial charge in [0.1, 0.15) is 5.60 Å². The molecule has 1 atom stereocenters. The maximum Gasteiger partial charge on any atom is 0.410 e. The molecule has 0 aliphatic carbocycles. The molecule has 2 rings (SSSR count). The fourth-order valence-corrected chi connectivity index (χ4v) is 3.18. The number of nitrogens with zero attached hydrogens (tertiary/aromatic N) is 2. The first-order valence-corrected chi connectivity index (χ1v) is 8.28. The highest BCUT2D eigenvalue weighted by atomic mass is 16.6. The van der Waals surface area contributed by atoms with E-state index in [-0.39, 0.29) is 12.2 Å². The minimum absolute atomic E-state index is 0.279. The van der Waals surface area contributed by atoms with E-state index in [0.717, 1.165) is 19.4 Å². The van der Waals surface area contributed by atoms with Gasteiger partial charge in [0, 0.05) is 26.2 Å². The maximum atomic E-state index is 12.0. The minimum Gasteiger partial charge on any atom is -0.444 e. The molecule has 6 heteroatoms. The van der Waals surface area contributed by atoms with Gasteiger partial charge in [0.2, 0.25) is 0 Å². The number of piperidine rings is 2. The third-order valence-electron chi connectivity index (χ3n) is 4.34. The topological polar surface area (TPSA) is 73.2 Å². The lowest BCUT2D eigenvalue weighted by Gasteiger charge is -2.42.